The van der Waals surface area contributed by atoms with Crippen LogP contribution < -0.4 is 0 Å². The van der Waals surface area contributed by atoms with E-state index in [2.05, 4.69) is 46.1 Å². The summed E-state index contributed by atoms with van der Waals surface area (Å²) in [5.41, 5.74) is 5.56. The van der Waals surface area contributed by atoms with Crippen LogP contribution in [0.2, 0.25) is 0 Å². The van der Waals surface area contributed by atoms with Crippen LogP contribution in [0, 0.1) is 0 Å². The van der Waals surface area contributed by atoms with Crippen molar-refractivity contribution in [1.82, 2.24) is 4.90 Å². The van der Waals surface area contributed by atoms with Crippen molar-refractivity contribution < 1.29 is 4.79 Å². The highest BCUT2D eigenvalue weighted by atomic mass is 16.2. The Kier molecular flexibility index (Phi) is 4.84. The fourth-order valence-corrected chi connectivity index (χ4v) is 3.11. The summed E-state index contributed by atoms with van der Waals surface area (Å²) in [4.78, 5) is 14.8. The Morgan fingerprint density at radius 2 is 1.91 bits per heavy atom. The van der Waals surface area contributed by atoms with Crippen LogP contribution in [0.4, 0.5) is 0 Å². The first kappa shape index (κ1) is 17.5. The SMILES string of the molecule is C=C(C)CCC(C(=C)C)N1Cc2cc(C(C)(C)C)ccc2C1=O. The Balaban J connectivity index is 2.28. The lowest BCUT2D eigenvalue weighted by Gasteiger charge is -2.28. The normalized spacial score (nSPS) is 15.5. The van der Waals surface area contributed by atoms with E-state index in [1.54, 1.807) is 0 Å². The van der Waals surface area contributed by atoms with Crippen LogP contribution in [0.25, 0.3) is 0 Å². The highest BCUT2D eigenvalue weighted by molar-refractivity contribution is 5.98. The van der Waals surface area contributed by atoms with Gasteiger partial charge in [0, 0.05) is 12.1 Å². The van der Waals surface area contributed by atoms with Gasteiger partial charge in [-0.3, -0.25) is 4.79 Å². The van der Waals surface area contributed by atoms with Crippen LogP contribution in [0.3, 0.4) is 0 Å². The lowest BCUT2D eigenvalue weighted by molar-refractivity contribution is 0.0722. The molecule has 0 aromatic heterocycles. The average molecular weight is 311 g/mol. The number of hydrogen-bond donors (Lipinski definition) is 0. The van der Waals surface area contributed by atoms with Crippen LogP contribution >= 0.6 is 0 Å². The Labute approximate surface area is 140 Å². The van der Waals surface area contributed by atoms with Gasteiger partial charge in [0.25, 0.3) is 5.91 Å². The molecule has 124 valence electrons. The quantitative estimate of drug-likeness (QED) is 0.681. The van der Waals surface area contributed by atoms with Crippen LogP contribution in [0.15, 0.2) is 42.5 Å². The van der Waals surface area contributed by atoms with Crippen molar-refractivity contribution >= 4 is 5.91 Å². The molecule has 23 heavy (non-hydrogen) atoms. The monoisotopic (exact) mass is 311 g/mol. The highest BCUT2D eigenvalue weighted by Crippen LogP contribution is 2.32. The summed E-state index contributed by atoms with van der Waals surface area (Å²) in [7, 11) is 0. The van der Waals surface area contributed by atoms with Crippen LogP contribution in [0.1, 0.15) is 68.9 Å². The second-order valence-corrected chi connectivity index (χ2v) is 7.91. The van der Waals surface area contributed by atoms with Gasteiger partial charge < -0.3 is 4.90 Å². The lowest BCUT2D eigenvalue weighted by atomic mass is 9.85. The molecule has 1 atom stereocenters. The van der Waals surface area contributed by atoms with E-state index in [9.17, 15) is 4.79 Å². The molecule has 0 saturated carbocycles. The topological polar surface area (TPSA) is 20.3 Å². The maximum atomic E-state index is 12.8. The summed E-state index contributed by atoms with van der Waals surface area (Å²) >= 11 is 0. The zero-order valence-electron chi connectivity index (χ0n) is 15.2. The van der Waals surface area contributed by atoms with Gasteiger partial charge >= 0.3 is 0 Å². The molecular weight excluding hydrogens is 282 g/mol. The molecule has 0 bridgehead atoms. The van der Waals surface area contributed by atoms with Crippen LogP contribution in [0.5, 0.6) is 0 Å². The predicted octanol–water partition coefficient (Wildman–Crippen LogP) is 5.24. The molecule has 0 aliphatic carbocycles. The predicted molar refractivity (Wildman–Crippen MR) is 97.7 cm³/mol. The van der Waals surface area contributed by atoms with E-state index in [1.165, 1.54) is 5.56 Å². The van der Waals surface area contributed by atoms with Crippen molar-refractivity contribution in [3.8, 4) is 0 Å². The van der Waals surface area contributed by atoms with Crippen molar-refractivity contribution in [2.24, 2.45) is 0 Å². The maximum Gasteiger partial charge on any atom is 0.255 e. The summed E-state index contributed by atoms with van der Waals surface area (Å²) in [6.45, 7) is 19.4. The summed E-state index contributed by atoms with van der Waals surface area (Å²) in [6, 6.07) is 6.36. The summed E-state index contributed by atoms with van der Waals surface area (Å²) < 4.78 is 0. The highest BCUT2D eigenvalue weighted by Gasteiger charge is 2.33. The van der Waals surface area contributed by atoms with Gasteiger partial charge in [0.1, 0.15) is 0 Å². The van der Waals surface area contributed by atoms with Gasteiger partial charge in [-0.2, -0.15) is 0 Å². The largest absolute Gasteiger partial charge is 0.328 e. The second kappa shape index (κ2) is 6.35. The van der Waals surface area contributed by atoms with Crippen molar-refractivity contribution in [3.63, 3.8) is 0 Å². The molecule has 0 N–H and O–H groups in total. The van der Waals surface area contributed by atoms with Gasteiger partial charge in [0.05, 0.1) is 6.04 Å². The van der Waals surface area contributed by atoms with E-state index in [-0.39, 0.29) is 17.4 Å². The molecule has 1 heterocycles. The molecule has 1 amide bonds. The smallest absolute Gasteiger partial charge is 0.255 e. The van der Waals surface area contributed by atoms with Crippen molar-refractivity contribution in [2.75, 3.05) is 0 Å². The minimum atomic E-state index is 0.0877. The summed E-state index contributed by atoms with van der Waals surface area (Å²) in [5.74, 6) is 0.134. The number of amides is 1. The summed E-state index contributed by atoms with van der Waals surface area (Å²) in [5, 5.41) is 0. The number of hydrogen-bond acceptors (Lipinski definition) is 1. The number of allylic oxidation sites excluding steroid dienone is 1. The molecule has 0 saturated heterocycles. The van der Waals surface area contributed by atoms with Crippen molar-refractivity contribution in [3.05, 3.63) is 59.2 Å². The number of fused-ring (bicyclic) bond motifs is 1. The first-order valence-electron chi connectivity index (χ1n) is 8.35. The number of benzene rings is 1. The van der Waals surface area contributed by atoms with Gasteiger partial charge in [-0.05, 0) is 49.3 Å². The molecule has 0 spiro atoms. The van der Waals surface area contributed by atoms with E-state index in [1.807, 2.05) is 24.8 Å². The van der Waals surface area contributed by atoms with Gasteiger partial charge in [0.2, 0.25) is 0 Å². The molecule has 2 heteroatoms. The molecule has 1 aromatic carbocycles. The molecule has 0 radical (unpaired) electrons. The molecule has 0 fully saturated rings. The molecule has 2 rings (SSSR count). The zero-order valence-corrected chi connectivity index (χ0v) is 15.2. The molecule has 2 nitrogen and oxygen atoms in total. The third kappa shape index (κ3) is 3.74. The minimum Gasteiger partial charge on any atom is -0.328 e. The summed E-state index contributed by atoms with van der Waals surface area (Å²) in [6.07, 6.45) is 1.82. The minimum absolute atomic E-state index is 0.0877. The molecule has 1 aliphatic rings. The maximum absolute atomic E-state index is 12.8. The Morgan fingerprint density at radius 1 is 1.26 bits per heavy atom. The van der Waals surface area contributed by atoms with Crippen LogP contribution in [-0.4, -0.2) is 16.8 Å². The van der Waals surface area contributed by atoms with Gasteiger partial charge in [-0.1, -0.05) is 50.6 Å². The van der Waals surface area contributed by atoms with Crippen LogP contribution in [-0.2, 0) is 12.0 Å². The second-order valence-electron chi connectivity index (χ2n) is 7.91. The van der Waals surface area contributed by atoms with Gasteiger partial charge in [-0.15, -0.1) is 6.58 Å². The van der Waals surface area contributed by atoms with Gasteiger partial charge in [-0.25, -0.2) is 0 Å². The fourth-order valence-electron chi connectivity index (χ4n) is 3.11. The lowest BCUT2D eigenvalue weighted by Crippen LogP contribution is -2.36. The van der Waals surface area contributed by atoms with E-state index < -0.39 is 0 Å². The first-order valence-corrected chi connectivity index (χ1v) is 8.35. The third-order valence-electron chi connectivity index (χ3n) is 4.59. The number of carbonyl (C=O) groups excluding carboxylic acids is 1. The van der Waals surface area contributed by atoms with Crippen molar-refractivity contribution in [1.29, 1.82) is 0 Å². The first-order chi connectivity index (χ1) is 10.6. The van der Waals surface area contributed by atoms with E-state index in [0.717, 1.165) is 35.1 Å². The number of rotatable bonds is 5. The van der Waals surface area contributed by atoms with Gasteiger partial charge in [0.15, 0.2) is 0 Å². The number of nitrogens with zero attached hydrogens (tertiary/aromatic N) is 1. The Morgan fingerprint density at radius 3 is 2.43 bits per heavy atom. The average Bonchev–Trinajstić information content (AvgIpc) is 2.74. The van der Waals surface area contributed by atoms with E-state index >= 15 is 0 Å². The molecular formula is C21H29NO. The third-order valence-corrected chi connectivity index (χ3v) is 4.59. The Hall–Kier alpha value is -1.83. The Bertz CT molecular complexity index is 648. The zero-order chi connectivity index (χ0) is 17.4. The standard InChI is InChI=1S/C21H29NO/c1-14(2)8-11-19(15(3)4)22-13-16-12-17(21(5,6)7)9-10-18(16)20(22)23/h9-10,12,19H,1,3,8,11,13H2,2,4-7H3. The van der Waals surface area contributed by atoms with Crippen molar-refractivity contribution in [2.45, 2.75) is 65.5 Å². The van der Waals surface area contributed by atoms with E-state index in [4.69, 9.17) is 0 Å². The molecule has 1 unspecified atom stereocenters. The fraction of sp³-hybridized carbons (Fsp3) is 0.476. The van der Waals surface area contributed by atoms with E-state index in [0.29, 0.717) is 6.54 Å². The number of carbonyl (C=O) groups is 1. The molecule has 1 aliphatic heterocycles. The molecule has 1 aromatic rings.